The third-order valence-corrected chi connectivity index (χ3v) is 2.58. The minimum atomic E-state index is 0. The predicted octanol–water partition coefficient (Wildman–Crippen LogP) is 4.81. The number of halogens is 2. The monoisotopic (exact) mass is 379 g/mol. The quantitative estimate of drug-likeness (QED) is 0.560. The Morgan fingerprint density at radius 3 is 2.09 bits per heavy atom. The number of hydrogen-bond donors (Lipinski definition) is 1. The molecule has 0 atom stereocenters. The second kappa shape index (κ2) is 14.1. The zero-order valence-electron chi connectivity index (χ0n) is 13.6. The minimum absolute atomic E-state index is 0. The number of hydrogen-bond acceptors (Lipinski definition) is 2. The summed E-state index contributed by atoms with van der Waals surface area (Å²) >= 11 is 1.75. The Labute approximate surface area is 158 Å². The molecule has 123 valence electrons. The van der Waals surface area contributed by atoms with Crippen LogP contribution in [0.5, 0.6) is 11.5 Å². The van der Waals surface area contributed by atoms with Gasteiger partial charge in [0.15, 0.2) is 0 Å². The molecule has 1 N–H and O–H groups in total. The van der Waals surface area contributed by atoms with E-state index < -0.39 is 0 Å². The zero-order chi connectivity index (χ0) is 15.6. The standard InChI is InChI=1S/C11H16O2.C5H5.CH2.2ClH.Ti/c1-11(2,3)8-5-9(12)7-10(6-8)13-4;1-2-4-5-3-1;;;;/h5-7,12H,1-4H3;1-3H,4H2;1H2;2*1H;/q;-1;;;;+1. The van der Waals surface area contributed by atoms with E-state index in [-0.39, 0.29) is 36.0 Å². The summed E-state index contributed by atoms with van der Waals surface area (Å²) in [4.78, 5) is 3.25. The molecule has 1 aliphatic rings. The van der Waals surface area contributed by atoms with Crippen LogP contribution in [0.25, 0.3) is 0 Å². The Kier molecular flexibility index (Phi) is 16.9. The molecular formula is C17H25Cl2O2Ti. The summed E-state index contributed by atoms with van der Waals surface area (Å²) in [5.74, 6) is 0.953. The van der Waals surface area contributed by atoms with Crippen molar-refractivity contribution < 1.29 is 29.8 Å². The van der Waals surface area contributed by atoms with Gasteiger partial charge >= 0.3 is 24.8 Å². The van der Waals surface area contributed by atoms with Crippen molar-refractivity contribution in [2.24, 2.45) is 0 Å². The van der Waals surface area contributed by atoms with E-state index in [1.54, 1.807) is 39.2 Å². The van der Waals surface area contributed by atoms with Gasteiger partial charge in [0.2, 0.25) is 0 Å². The summed E-state index contributed by atoms with van der Waals surface area (Å²) in [7, 11) is 1.60. The molecule has 2 rings (SSSR count). The number of benzene rings is 1. The van der Waals surface area contributed by atoms with Gasteiger partial charge in [-0.3, -0.25) is 6.08 Å². The van der Waals surface area contributed by atoms with Gasteiger partial charge in [-0.2, -0.15) is 6.08 Å². The van der Waals surface area contributed by atoms with Gasteiger partial charge in [-0.25, -0.2) is 12.2 Å². The van der Waals surface area contributed by atoms with Crippen LogP contribution < -0.4 is 4.74 Å². The van der Waals surface area contributed by atoms with Gasteiger partial charge < -0.3 is 9.84 Å². The van der Waals surface area contributed by atoms with Crippen LogP contribution in [-0.2, 0) is 25.4 Å². The third-order valence-electron chi connectivity index (χ3n) is 2.58. The summed E-state index contributed by atoms with van der Waals surface area (Å²) in [5, 5.41) is 9.41. The van der Waals surface area contributed by atoms with Gasteiger partial charge in [0, 0.05) is 6.07 Å². The van der Waals surface area contributed by atoms with Gasteiger partial charge in [-0.1, -0.05) is 20.8 Å². The third kappa shape index (κ3) is 11.1. The molecule has 0 aliphatic heterocycles. The van der Waals surface area contributed by atoms with Gasteiger partial charge in [-0.15, -0.1) is 31.2 Å². The molecule has 0 saturated heterocycles. The van der Waals surface area contributed by atoms with E-state index in [1.165, 1.54) is 0 Å². The number of phenols is 1. The molecule has 0 spiro atoms. The summed E-state index contributed by atoms with van der Waals surface area (Å²) in [5.41, 5.74) is 1.11. The van der Waals surface area contributed by atoms with Crippen LogP contribution in [0.3, 0.4) is 0 Å². The maximum atomic E-state index is 9.41. The molecule has 1 aromatic rings. The predicted molar refractivity (Wildman–Crippen MR) is 96.5 cm³/mol. The van der Waals surface area contributed by atoms with E-state index in [1.807, 2.05) is 18.2 Å². The van der Waals surface area contributed by atoms with E-state index in [0.717, 1.165) is 12.0 Å². The number of phenolic OH excluding ortho intramolecular Hbond substituents is 1. The fourth-order valence-electron chi connectivity index (χ4n) is 1.47. The molecular weight excluding hydrogens is 355 g/mol. The summed E-state index contributed by atoms with van der Waals surface area (Å²) < 4.78 is 5.07. The van der Waals surface area contributed by atoms with Crippen molar-refractivity contribution in [2.45, 2.75) is 32.6 Å². The van der Waals surface area contributed by atoms with Crippen LogP contribution in [0.4, 0.5) is 0 Å². The molecule has 2 nitrogen and oxygen atoms in total. The Morgan fingerprint density at radius 1 is 1.18 bits per heavy atom. The SMILES string of the molecule is COc1cc(O)cc(C(C)(C)C)c1.Cl.Cl.[C-]1=CC=CC1.[CH2]=[Ti+]. The first-order chi connectivity index (χ1) is 9.43. The molecule has 1 aromatic carbocycles. The number of aromatic hydroxyl groups is 1. The Hall–Kier alpha value is -0.536. The summed E-state index contributed by atoms with van der Waals surface area (Å²) in [6.07, 6.45) is 10.0. The topological polar surface area (TPSA) is 29.5 Å². The van der Waals surface area contributed by atoms with E-state index in [4.69, 9.17) is 4.74 Å². The first-order valence-corrected chi connectivity index (χ1v) is 7.49. The number of rotatable bonds is 1. The average Bonchev–Trinajstić information content (AvgIpc) is 2.98. The maximum absolute atomic E-state index is 9.41. The Bertz CT molecular complexity index is 456. The number of ether oxygens (including phenoxy) is 1. The van der Waals surface area contributed by atoms with Crippen molar-refractivity contribution in [3.63, 3.8) is 0 Å². The molecule has 22 heavy (non-hydrogen) atoms. The van der Waals surface area contributed by atoms with Crippen molar-refractivity contribution in [1.82, 2.24) is 0 Å². The van der Waals surface area contributed by atoms with Crippen LogP contribution in [-0.4, -0.2) is 17.0 Å². The van der Waals surface area contributed by atoms with Crippen LogP contribution >= 0.6 is 24.8 Å². The fraction of sp³-hybridized carbons (Fsp3) is 0.353. The van der Waals surface area contributed by atoms with E-state index in [2.05, 4.69) is 37.7 Å². The van der Waals surface area contributed by atoms with Crippen LogP contribution in [0.1, 0.15) is 32.8 Å². The summed E-state index contributed by atoms with van der Waals surface area (Å²) in [6.45, 7) is 6.30. The average molecular weight is 380 g/mol. The Morgan fingerprint density at radius 2 is 1.77 bits per heavy atom. The van der Waals surface area contributed by atoms with Crippen molar-refractivity contribution in [1.29, 1.82) is 0 Å². The zero-order valence-corrected chi connectivity index (χ0v) is 16.7. The van der Waals surface area contributed by atoms with Crippen LogP contribution in [0, 0.1) is 6.08 Å². The van der Waals surface area contributed by atoms with Crippen molar-refractivity contribution in [2.75, 3.05) is 7.11 Å². The first kappa shape index (κ1) is 26.4. The molecule has 0 saturated carbocycles. The van der Waals surface area contributed by atoms with E-state index >= 15 is 0 Å². The van der Waals surface area contributed by atoms with Gasteiger partial charge in [0.25, 0.3) is 0 Å². The molecule has 0 fully saturated rings. The summed E-state index contributed by atoms with van der Waals surface area (Å²) in [6, 6.07) is 5.32. The second-order valence-electron chi connectivity index (χ2n) is 5.17. The molecule has 5 heteroatoms. The molecule has 0 aromatic heterocycles. The number of methoxy groups -OCH3 is 1. The van der Waals surface area contributed by atoms with Crippen molar-refractivity contribution in [3.8, 4) is 11.5 Å². The van der Waals surface area contributed by atoms with Crippen LogP contribution in [0.15, 0.2) is 36.4 Å². The second-order valence-corrected chi connectivity index (χ2v) is 5.17. The van der Waals surface area contributed by atoms with Crippen molar-refractivity contribution >= 4 is 29.6 Å². The van der Waals surface area contributed by atoms with Gasteiger partial charge in [-0.05, 0) is 23.1 Å². The normalized spacial score (nSPS) is 11.0. The molecule has 0 amide bonds. The molecule has 0 radical (unpaired) electrons. The van der Waals surface area contributed by atoms with Crippen LogP contribution in [0.2, 0.25) is 0 Å². The Balaban J connectivity index is -0.000000340. The number of allylic oxidation sites excluding steroid dienone is 4. The van der Waals surface area contributed by atoms with Gasteiger partial charge in [0.05, 0.1) is 7.11 Å². The molecule has 1 aliphatic carbocycles. The molecule has 0 heterocycles. The van der Waals surface area contributed by atoms with Crippen molar-refractivity contribution in [3.05, 3.63) is 48.1 Å². The van der Waals surface area contributed by atoms with E-state index in [0.29, 0.717) is 5.75 Å². The molecule has 0 bridgehead atoms. The fourth-order valence-corrected chi connectivity index (χ4v) is 1.47. The van der Waals surface area contributed by atoms with Gasteiger partial charge in [0.1, 0.15) is 11.5 Å². The first-order valence-electron chi connectivity index (χ1n) is 6.39. The van der Waals surface area contributed by atoms with E-state index in [9.17, 15) is 5.11 Å². The molecule has 0 unspecified atom stereocenters.